The van der Waals surface area contributed by atoms with E-state index in [-0.39, 0.29) is 12.3 Å². The van der Waals surface area contributed by atoms with Gasteiger partial charge in [-0.05, 0) is 0 Å². The van der Waals surface area contributed by atoms with Crippen molar-refractivity contribution >= 4 is 6.21 Å². The minimum Gasteiger partial charge on any atom is -0.411 e. The van der Waals surface area contributed by atoms with Crippen molar-refractivity contribution in [1.29, 1.82) is 0 Å². The van der Waals surface area contributed by atoms with Gasteiger partial charge < -0.3 is 5.21 Å². The third-order valence-electron chi connectivity index (χ3n) is 1.33. The Morgan fingerprint density at radius 1 is 1.08 bits per heavy atom. The molecule has 0 aliphatic rings. The minimum absolute atomic E-state index is 0.0688. The zero-order valence-electron chi connectivity index (χ0n) is 6.06. The number of hydrogen-bond acceptors (Lipinski definition) is 2. The highest BCUT2D eigenvalue weighted by Gasteiger charge is 2.17. The molecule has 0 saturated carbocycles. The number of rotatable bonds is 1. The normalized spacial score (nSPS) is 11.1. The quantitative estimate of drug-likeness (QED) is 0.239. The molecule has 0 radical (unpaired) electrons. The molecule has 0 aromatic heterocycles. The van der Waals surface area contributed by atoms with Crippen molar-refractivity contribution in [2.75, 3.05) is 0 Å². The van der Waals surface area contributed by atoms with Crippen LogP contribution in [0.25, 0.3) is 0 Å². The van der Waals surface area contributed by atoms with Crippen LogP contribution in [0.3, 0.4) is 0 Å². The van der Waals surface area contributed by atoms with Gasteiger partial charge in [-0.3, -0.25) is 0 Å². The number of halogens is 4. The lowest BCUT2D eigenvalue weighted by Gasteiger charge is -2.00. The summed E-state index contributed by atoms with van der Waals surface area (Å²) in [5.74, 6) is -6.30. The average molecular weight is 193 g/mol. The van der Waals surface area contributed by atoms with Gasteiger partial charge in [0.15, 0.2) is 23.3 Å². The first-order chi connectivity index (χ1) is 6.07. The largest absolute Gasteiger partial charge is 0.411 e. The first kappa shape index (κ1) is 9.50. The second-order valence-electron chi connectivity index (χ2n) is 2.13. The summed E-state index contributed by atoms with van der Waals surface area (Å²) in [6.45, 7) is 0. The molecular formula is C7H3F4NO. The molecule has 0 aliphatic carbocycles. The van der Waals surface area contributed by atoms with Crippen LogP contribution in [-0.2, 0) is 0 Å². The smallest absolute Gasteiger partial charge is 0.170 e. The van der Waals surface area contributed by atoms with Crippen LogP contribution in [0.1, 0.15) is 5.56 Å². The minimum atomic E-state index is -1.60. The lowest BCUT2D eigenvalue weighted by Crippen LogP contribution is -2.01. The molecule has 1 aromatic carbocycles. The second-order valence-corrected chi connectivity index (χ2v) is 2.13. The fourth-order valence-electron chi connectivity index (χ4n) is 0.763. The van der Waals surface area contributed by atoms with Crippen LogP contribution >= 0.6 is 0 Å². The summed E-state index contributed by atoms with van der Waals surface area (Å²) in [4.78, 5) is 0. The van der Waals surface area contributed by atoms with Crippen LogP contribution in [0.4, 0.5) is 17.6 Å². The molecule has 1 aromatic rings. The molecule has 0 fully saturated rings. The van der Waals surface area contributed by atoms with Gasteiger partial charge in [-0.2, -0.15) is 0 Å². The van der Waals surface area contributed by atoms with Gasteiger partial charge in [0.2, 0.25) is 0 Å². The molecule has 13 heavy (non-hydrogen) atoms. The Labute approximate surface area is 70.1 Å². The van der Waals surface area contributed by atoms with Gasteiger partial charge >= 0.3 is 0 Å². The van der Waals surface area contributed by atoms with Crippen LogP contribution in [-0.4, -0.2) is 11.4 Å². The van der Waals surface area contributed by atoms with Crippen molar-refractivity contribution in [3.63, 3.8) is 0 Å². The fourth-order valence-corrected chi connectivity index (χ4v) is 0.763. The number of nitrogens with zero attached hydrogens (tertiary/aromatic N) is 1. The summed E-state index contributed by atoms with van der Waals surface area (Å²) in [6.07, 6.45) is 0.275. The molecule has 0 atom stereocenters. The highest BCUT2D eigenvalue weighted by atomic mass is 19.2. The molecule has 0 saturated heterocycles. The van der Waals surface area contributed by atoms with E-state index in [9.17, 15) is 17.6 Å². The molecule has 6 heteroatoms. The lowest BCUT2D eigenvalue weighted by atomic mass is 10.2. The summed E-state index contributed by atoms with van der Waals surface area (Å²) in [6, 6.07) is 0.0688. The highest BCUT2D eigenvalue weighted by molar-refractivity contribution is 5.79. The van der Waals surface area contributed by atoms with Gasteiger partial charge in [0, 0.05) is 6.07 Å². The van der Waals surface area contributed by atoms with E-state index in [1.165, 1.54) is 0 Å². The molecule has 0 bridgehead atoms. The molecule has 2 nitrogen and oxygen atoms in total. The number of benzene rings is 1. The molecule has 1 rings (SSSR count). The molecule has 0 amide bonds. The van der Waals surface area contributed by atoms with E-state index >= 15 is 0 Å². The molecule has 1 N–H and O–H groups in total. The highest BCUT2D eigenvalue weighted by Crippen LogP contribution is 2.17. The summed E-state index contributed by atoms with van der Waals surface area (Å²) < 4.78 is 50.1. The van der Waals surface area contributed by atoms with Crippen molar-refractivity contribution < 1.29 is 22.8 Å². The second kappa shape index (κ2) is 3.42. The number of oxime groups is 1. The standard InChI is InChI=1S/C7H3F4NO/c8-4-1-5(9)7(11)3(2-12-13)6(4)10/h1-2,13H/b12-2+. The maximum Gasteiger partial charge on any atom is 0.170 e. The Morgan fingerprint density at radius 2 is 1.54 bits per heavy atom. The van der Waals surface area contributed by atoms with Crippen molar-refractivity contribution in [3.05, 3.63) is 34.9 Å². The third-order valence-corrected chi connectivity index (χ3v) is 1.33. The Hall–Kier alpha value is -1.59. The topological polar surface area (TPSA) is 32.6 Å². The van der Waals surface area contributed by atoms with Gasteiger partial charge in [-0.15, -0.1) is 0 Å². The van der Waals surface area contributed by atoms with E-state index in [1.807, 2.05) is 0 Å². The first-order valence-corrected chi connectivity index (χ1v) is 3.08. The van der Waals surface area contributed by atoms with Crippen molar-refractivity contribution in [2.24, 2.45) is 5.16 Å². The summed E-state index contributed by atoms with van der Waals surface area (Å²) in [7, 11) is 0. The third kappa shape index (κ3) is 1.61. The van der Waals surface area contributed by atoms with Gasteiger partial charge in [0.25, 0.3) is 0 Å². The van der Waals surface area contributed by atoms with Crippen LogP contribution in [0.2, 0.25) is 0 Å². The van der Waals surface area contributed by atoms with Crippen molar-refractivity contribution in [3.8, 4) is 0 Å². The van der Waals surface area contributed by atoms with Crippen LogP contribution < -0.4 is 0 Å². The van der Waals surface area contributed by atoms with Gasteiger partial charge in [0.05, 0.1) is 11.8 Å². The zero-order chi connectivity index (χ0) is 10.0. The van der Waals surface area contributed by atoms with E-state index in [0.29, 0.717) is 0 Å². The van der Waals surface area contributed by atoms with E-state index in [4.69, 9.17) is 5.21 Å². The van der Waals surface area contributed by atoms with E-state index < -0.39 is 28.8 Å². The first-order valence-electron chi connectivity index (χ1n) is 3.08. The van der Waals surface area contributed by atoms with Gasteiger partial charge in [-0.25, -0.2) is 17.6 Å². The monoisotopic (exact) mass is 193 g/mol. The maximum atomic E-state index is 12.6. The van der Waals surface area contributed by atoms with E-state index in [0.717, 1.165) is 0 Å². The molecule has 70 valence electrons. The summed E-state index contributed by atoms with van der Waals surface area (Å²) in [5, 5.41) is 10.2. The van der Waals surface area contributed by atoms with Gasteiger partial charge in [0.1, 0.15) is 0 Å². The number of hydrogen-bond donors (Lipinski definition) is 1. The fraction of sp³-hybridized carbons (Fsp3) is 0. The Balaban J connectivity index is 3.46. The molecule has 0 heterocycles. The molecule has 0 aliphatic heterocycles. The average Bonchev–Trinajstić information content (AvgIpc) is 2.09. The molecule has 0 unspecified atom stereocenters. The molecule has 0 spiro atoms. The Morgan fingerprint density at radius 3 is 1.92 bits per heavy atom. The van der Waals surface area contributed by atoms with Crippen LogP contribution in [0, 0.1) is 23.3 Å². The van der Waals surface area contributed by atoms with Crippen LogP contribution in [0.5, 0.6) is 0 Å². The predicted molar refractivity (Wildman–Crippen MR) is 35.7 cm³/mol. The summed E-state index contributed by atoms with van der Waals surface area (Å²) >= 11 is 0. The van der Waals surface area contributed by atoms with E-state index in [2.05, 4.69) is 5.16 Å². The van der Waals surface area contributed by atoms with E-state index in [1.54, 1.807) is 0 Å². The zero-order valence-corrected chi connectivity index (χ0v) is 6.06. The Bertz CT molecular complexity index is 338. The van der Waals surface area contributed by atoms with Gasteiger partial charge in [-0.1, -0.05) is 5.16 Å². The SMILES string of the molecule is O/N=C/c1c(F)c(F)cc(F)c1F. The lowest BCUT2D eigenvalue weighted by molar-refractivity contribution is 0.321. The molecular weight excluding hydrogens is 190 g/mol. The summed E-state index contributed by atoms with van der Waals surface area (Å²) in [5.41, 5.74) is -1.06. The predicted octanol–water partition coefficient (Wildman–Crippen LogP) is 2.05. The van der Waals surface area contributed by atoms with Crippen LogP contribution in [0.15, 0.2) is 11.2 Å². The maximum absolute atomic E-state index is 12.6. The van der Waals surface area contributed by atoms with Crippen molar-refractivity contribution in [2.45, 2.75) is 0 Å². The van der Waals surface area contributed by atoms with Crippen molar-refractivity contribution in [1.82, 2.24) is 0 Å². The Kier molecular flexibility index (Phi) is 2.50.